The number of hydrogen-bond donors (Lipinski definition) is 3. The molecule has 0 aliphatic rings. The average Bonchev–Trinajstić information content (AvgIpc) is 2.31. The summed E-state index contributed by atoms with van der Waals surface area (Å²) in [6.45, 7) is 1.86. The van der Waals surface area contributed by atoms with Crippen molar-refractivity contribution in [2.75, 3.05) is 25.0 Å². The molecule has 0 saturated heterocycles. The zero-order chi connectivity index (χ0) is 12.5. The molecule has 0 aliphatic heterocycles. The van der Waals surface area contributed by atoms with E-state index in [1.54, 1.807) is 0 Å². The molecule has 0 bridgehead atoms. The SMILES string of the molecule is NCCCNc1ccc(OCCC(N)=O)cc1. The third kappa shape index (κ3) is 5.77. The van der Waals surface area contributed by atoms with E-state index in [-0.39, 0.29) is 12.3 Å². The van der Waals surface area contributed by atoms with Crippen LogP contribution in [0, 0.1) is 0 Å². The Morgan fingerprint density at radius 3 is 2.59 bits per heavy atom. The van der Waals surface area contributed by atoms with Gasteiger partial charge in [-0.25, -0.2) is 0 Å². The molecule has 0 radical (unpaired) electrons. The third-order valence-electron chi connectivity index (χ3n) is 2.18. The molecule has 0 aromatic heterocycles. The highest BCUT2D eigenvalue weighted by molar-refractivity contribution is 5.73. The fraction of sp³-hybridized carbons (Fsp3) is 0.417. The smallest absolute Gasteiger partial charge is 0.220 e. The van der Waals surface area contributed by atoms with Crippen LogP contribution in [0.2, 0.25) is 0 Å². The number of nitrogens with one attached hydrogen (secondary N) is 1. The van der Waals surface area contributed by atoms with Crippen LogP contribution in [-0.4, -0.2) is 25.6 Å². The number of nitrogens with two attached hydrogens (primary N) is 2. The molecule has 0 saturated carbocycles. The first-order valence-corrected chi connectivity index (χ1v) is 5.67. The predicted octanol–water partition coefficient (Wildman–Crippen LogP) is 0.702. The van der Waals surface area contributed by atoms with E-state index in [0.717, 1.165) is 24.4 Å². The van der Waals surface area contributed by atoms with Crippen LogP contribution >= 0.6 is 0 Å². The molecule has 5 nitrogen and oxygen atoms in total. The second-order valence-corrected chi connectivity index (χ2v) is 3.66. The molecule has 0 atom stereocenters. The van der Waals surface area contributed by atoms with Crippen molar-refractivity contribution in [3.05, 3.63) is 24.3 Å². The molecule has 1 aromatic rings. The van der Waals surface area contributed by atoms with E-state index in [9.17, 15) is 4.79 Å². The Morgan fingerprint density at radius 2 is 2.00 bits per heavy atom. The Morgan fingerprint density at radius 1 is 1.29 bits per heavy atom. The fourth-order valence-corrected chi connectivity index (χ4v) is 1.27. The second-order valence-electron chi connectivity index (χ2n) is 3.66. The lowest BCUT2D eigenvalue weighted by Gasteiger charge is -2.08. The van der Waals surface area contributed by atoms with E-state index in [1.165, 1.54) is 0 Å². The zero-order valence-corrected chi connectivity index (χ0v) is 9.82. The molecule has 1 aromatic carbocycles. The summed E-state index contributed by atoms with van der Waals surface area (Å²) in [5, 5.41) is 3.24. The molecule has 0 aliphatic carbocycles. The van der Waals surface area contributed by atoms with E-state index in [1.807, 2.05) is 24.3 Å². The van der Waals surface area contributed by atoms with Gasteiger partial charge in [-0.1, -0.05) is 0 Å². The Kier molecular flexibility index (Phi) is 5.88. The molecule has 5 N–H and O–H groups in total. The number of carbonyl (C=O) groups is 1. The van der Waals surface area contributed by atoms with Gasteiger partial charge >= 0.3 is 0 Å². The molecule has 1 rings (SSSR count). The maximum Gasteiger partial charge on any atom is 0.220 e. The minimum atomic E-state index is -0.356. The standard InChI is InChI=1S/C12H19N3O2/c13-7-1-8-15-10-2-4-11(5-3-10)17-9-6-12(14)16/h2-5,15H,1,6-9,13H2,(H2,14,16). The lowest BCUT2D eigenvalue weighted by atomic mass is 10.3. The molecule has 5 heteroatoms. The van der Waals surface area contributed by atoms with Gasteiger partial charge in [-0.3, -0.25) is 4.79 Å². The van der Waals surface area contributed by atoms with Gasteiger partial charge in [0.15, 0.2) is 0 Å². The summed E-state index contributed by atoms with van der Waals surface area (Å²) < 4.78 is 5.35. The molecule has 0 heterocycles. The number of anilines is 1. The Hall–Kier alpha value is -1.75. The topological polar surface area (TPSA) is 90.4 Å². The van der Waals surface area contributed by atoms with Gasteiger partial charge in [-0.2, -0.15) is 0 Å². The van der Waals surface area contributed by atoms with Gasteiger partial charge in [-0.15, -0.1) is 0 Å². The maximum absolute atomic E-state index is 10.5. The van der Waals surface area contributed by atoms with Gasteiger partial charge in [0.2, 0.25) is 5.91 Å². The lowest BCUT2D eigenvalue weighted by molar-refractivity contribution is -0.118. The van der Waals surface area contributed by atoms with E-state index in [4.69, 9.17) is 16.2 Å². The monoisotopic (exact) mass is 237 g/mol. The summed E-state index contributed by atoms with van der Waals surface area (Å²) in [7, 11) is 0. The summed E-state index contributed by atoms with van der Waals surface area (Å²) in [4.78, 5) is 10.5. The van der Waals surface area contributed by atoms with Crippen LogP contribution in [0.5, 0.6) is 5.75 Å². The molecule has 0 spiro atoms. The summed E-state index contributed by atoms with van der Waals surface area (Å²) in [5.41, 5.74) is 11.4. The first-order chi connectivity index (χ1) is 8.22. The predicted molar refractivity (Wildman–Crippen MR) is 67.9 cm³/mol. The van der Waals surface area contributed by atoms with Crippen molar-refractivity contribution in [1.82, 2.24) is 0 Å². The van der Waals surface area contributed by atoms with Crippen molar-refractivity contribution in [3.8, 4) is 5.75 Å². The average molecular weight is 237 g/mol. The Balaban J connectivity index is 2.31. The molecular formula is C12H19N3O2. The number of rotatable bonds is 8. The molecule has 0 unspecified atom stereocenters. The Bertz CT molecular complexity index is 338. The van der Waals surface area contributed by atoms with Crippen LogP contribution in [0.15, 0.2) is 24.3 Å². The molecule has 0 fully saturated rings. The van der Waals surface area contributed by atoms with Crippen LogP contribution in [-0.2, 0) is 4.79 Å². The third-order valence-corrected chi connectivity index (χ3v) is 2.18. The minimum absolute atomic E-state index is 0.233. The quantitative estimate of drug-likeness (QED) is 0.580. The van der Waals surface area contributed by atoms with Crippen molar-refractivity contribution in [3.63, 3.8) is 0 Å². The number of primary amides is 1. The highest BCUT2D eigenvalue weighted by Crippen LogP contribution is 2.15. The van der Waals surface area contributed by atoms with Crippen molar-refractivity contribution in [2.45, 2.75) is 12.8 Å². The van der Waals surface area contributed by atoms with E-state index in [0.29, 0.717) is 13.2 Å². The summed E-state index contributed by atoms with van der Waals surface area (Å²) in [6.07, 6.45) is 1.17. The van der Waals surface area contributed by atoms with Gasteiger partial charge in [-0.05, 0) is 37.2 Å². The second kappa shape index (κ2) is 7.51. The van der Waals surface area contributed by atoms with Gasteiger partial charge < -0.3 is 21.5 Å². The van der Waals surface area contributed by atoms with Gasteiger partial charge in [0.05, 0.1) is 13.0 Å². The van der Waals surface area contributed by atoms with E-state index < -0.39 is 0 Å². The molecule has 1 amide bonds. The zero-order valence-electron chi connectivity index (χ0n) is 9.82. The first-order valence-electron chi connectivity index (χ1n) is 5.67. The lowest BCUT2D eigenvalue weighted by Crippen LogP contribution is -2.14. The summed E-state index contributed by atoms with van der Waals surface area (Å²) in [6, 6.07) is 7.56. The number of hydrogen-bond acceptors (Lipinski definition) is 4. The van der Waals surface area contributed by atoms with Crippen LogP contribution in [0.3, 0.4) is 0 Å². The van der Waals surface area contributed by atoms with Crippen LogP contribution in [0.25, 0.3) is 0 Å². The summed E-state index contributed by atoms with van der Waals surface area (Å²) >= 11 is 0. The van der Waals surface area contributed by atoms with Crippen molar-refractivity contribution in [1.29, 1.82) is 0 Å². The van der Waals surface area contributed by atoms with Crippen molar-refractivity contribution in [2.24, 2.45) is 11.5 Å². The number of carbonyl (C=O) groups excluding carboxylic acids is 1. The summed E-state index contributed by atoms with van der Waals surface area (Å²) in [5.74, 6) is 0.376. The largest absolute Gasteiger partial charge is 0.493 e. The van der Waals surface area contributed by atoms with Crippen LogP contribution in [0.1, 0.15) is 12.8 Å². The number of ether oxygens (including phenoxy) is 1. The van der Waals surface area contributed by atoms with Gasteiger partial charge in [0.1, 0.15) is 5.75 Å². The highest BCUT2D eigenvalue weighted by atomic mass is 16.5. The van der Waals surface area contributed by atoms with Gasteiger partial charge in [0, 0.05) is 12.2 Å². The number of amides is 1. The van der Waals surface area contributed by atoms with E-state index >= 15 is 0 Å². The highest BCUT2D eigenvalue weighted by Gasteiger charge is 1.97. The maximum atomic E-state index is 10.5. The number of benzene rings is 1. The molecule has 17 heavy (non-hydrogen) atoms. The normalized spacial score (nSPS) is 9.94. The molecular weight excluding hydrogens is 218 g/mol. The molecule has 94 valence electrons. The van der Waals surface area contributed by atoms with E-state index in [2.05, 4.69) is 5.32 Å². The van der Waals surface area contributed by atoms with Crippen molar-refractivity contribution >= 4 is 11.6 Å². The Labute approximate surface area is 101 Å². The van der Waals surface area contributed by atoms with Crippen LogP contribution in [0.4, 0.5) is 5.69 Å². The van der Waals surface area contributed by atoms with Crippen molar-refractivity contribution < 1.29 is 9.53 Å². The van der Waals surface area contributed by atoms with Crippen LogP contribution < -0.4 is 21.5 Å². The van der Waals surface area contributed by atoms with Gasteiger partial charge in [0.25, 0.3) is 0 Å². The first kappa shape index (κ1) is 13.3. The fourth-order valence-electron chi connectivity index (χ4n) is 1.27. The minimum Gasteiger partial charge on any atom is -0.493 e.